The Morgan fingerprint density at radius 2 is 1.67 bits per heavy atom. The van der Waals surface area contributed by atoms with E-state index < -0.39 is 35.1 Å². The van der Waals surface area contributed by atoms with Crippen molar-refractivity contribution in [2.75, 3.05) is 5.32 Å². The van der Waals surface area contributed by atoms with E-state index in [1.165, 1.54) is 0 Å². The first kappa shape index (κ1) is 15.1. The van der Waals surface area contributed by atoms with Gasteiger partial charge in [-0.1, -0.05) is 30.3 Å². The first-order valence-corrected chi connectivity index (χ1v) is 6.22. The average Bonchev–Trinajstić information content (AvgIpc) is 2.43. The standard InChI is InChI=1S/C15H13F3N2O/c16-10-7-11(17)14(12(18)8-10)20-15(21)13(19)6-9-4-2-1-3-5-9/h1-5,7-8,13H,6,19H2,(H,20,21). The normalized spacial score (nSPS) is 12.0. The number of carbonyl (C=O) groups excluding carboxylic acids is 1. The van der Waals surface area contributed by atoms with Crippen LogP contribution in [0.5, 0.6) is 0 Å². The average molecular weight is 294 g/mol. The topological polar surface area (TPSA) is 55.1 Å². The van der Waals surface area contributed by atoms with Crippen LogP contribution in [0.1, 0.15) is 5.56 Å². The molecular weight excluding hydrogens is 281 g/mol. The molecule has 0 aliphatic heterocycles. The van der Waals surface area contributed by atoms with E-state index >= 15 is 0 Å². The van der Waals surface area contributed by atoms with Crippen molar-refractivity contribution in [3.63, 3.8) is 0 Å². The molecule has 2 rings (SSSR count). The van der Waals surface area contributed by atoms with Gasteiger partial charge in [-0.25, -0.2) is 13.2 Å². The van der Waals surface area contributed by atoms with Gasteiger partial charge in [0.15, 0.2) is 11.6 Å². The molecule has 0 saturated heterocycles. The fourth-order valence-corrected chi connectivity index (χ4v) is 1.84. The van der Waals surface area contributed by atoms with E-state index in [2.05, 4.69) is 0 Å². The maximum absolute atomic E-state index is 13.4. The van der Waals surface area contributed by atoms with Crippen LogP contribution < -0.4 is 11.1 Å². The number of nitrogens with two attached hydrogens (primary N) is 1. The van der Waals surface area contributed by atoms with E-state index in [0.717, 1.165) is 5.56 Å². The lowest BCUT2D eigenvalue weighted by Crippen LogP contribution is -2.37. The Bertz CT molecular complexity index is 624. The van der Waals surface area contributed by atoms with Gasteiger partial charge in [-0.05, 0) is 12.0 Å². The Labute approximate surface area is 119 Å². The number of rotatable bonds is 4. The number of halogens is 3. The zero-order valence-electron chi connectivity index (χ0n) is 10.9. The quantitative estimate of drug-likeness (QED) is 0.910. The molecule has 0 aromatic heterocycles. The van der Waals surface area contributed by atoms with Crippen molar-refractivity contribution in [1.29, 1.82) is 0 Å². The third kappa shape index (κ3) is 3.82. The Kier molecular flexibility index (Phi) is 4.59. The second-order valence-corrected chi connectivity index (χ2v) is 4.53. The van der Waals surface area contributed by atoms with Crippen molar-refractivity contribution in [1.82, 2.24) is 0 Å². The lowest BCUT2D eigenvalue weighted by atomic mass is 10.1. The molecule has 0 spiro atoms. The third-order valence-corrected chi connectivity index (χ3v) is 2.89. The van der Waals surface area contributed by atoms with Crippen LogP contribution in [-0.2, 0) is 11.2 Å². The predicted octanol–water partition coefficient (Wildman–Crippen LogP) is 2.61. The minimum atomic E-state index is -1.19. The summed E-state index contributed by atoms with van der Waals surface area (Å²) in [7, 11) is 0. The zero-order chi connectivity index (χ0) is 15.4. The lowest BCUT2D eigenvalue weighted by molar-refractivity contribution is -0.117. The molecule has 2 aromatic carbocycles. The molecule has 0 radical (unpaired) electrons. The van der Waals surface area contributed by atoms with Gasteiger partial charge in [0.05, 0.1) is 6.04 Å². The minimum absolute atomic E-state index is 0.219. The smallest absolute Gasteiger partial charge is 0.241 e. The molecular formula is C15H13F3N2O. The van der Waals surface area contributed by atoms with E-state index in [1.54, 1.807) is 24.3 Å². The van der Waals surface area contributed by atoms with Crippen LogP contribution in [0.25, 0.3) is 0 Å². The highest BCUT2D eigenvalue weighted by atomic mass is 19.1. The highest BCUT2D eigenvalue weighted by Crippen LogP contribution is 2.20. The fraction of sp³-hybridized carbons (Fsp3) is 0.133. The number of hydrogen-bond donors (Lipinski definition) is 2. The van der Waals surface area contributed by atoms with E-state index in [1.807, 2.05) is 11.4 Å². The Balaban J connectivity index is 2.08. The van der Waals surface area contributed by atoms with E-state index in [0.29, 0.717) is 12.1 Å². The van der Waals surface area contributed by atoms with Gasteiger partial charge in [0.2, 0.25) is 5.91 Å². The minimum Gasteiger partial charge on any atom is -0.320 e. The Hall–Kier alpha value is -2.34. The van der Waals surface area contributed by atoms with Gasteiger partial charge in [0.1, 0.15) is 11.5 Å². The van der Waals surface area contributed by atoms with Gasteiger partial charge in [-0.2, -0.15) is 0 Å². The summed E-state index contributed by atoms with van der Waals surface area (Å²) >= 11 is 0. The molecule has 0 saturated carbocycles. The molecule has 1 unspecified atom stereocenters. The van der Waals surface area contributed by atoms with Crippen molar-refractivity contribution in [3.8, 4) is 0 Å². The second kappa shape index (κ2) is 6.41. The number of carbonyl (C=O) groups is 1. The van der Waals surface area contributed by atoms with Crippen molar-refractivity contribution >= 4 is 11.6 Å². The fourth-order valence-electron chi connectivity index (χ4n) is 1.84. The van der Waals surface area contributed by atoms with Crippen LogP contribution in [0.15, 0.2) is 42.5 Å². The molecule has 3 nitrogen and oxygen atoms in total. The monoisotopic (exact) mass is 294 g/mol. The Morgan fingerprint density at radius 1 is 1.10 bits per heavy atom. The molecule has 2 aromatic rings. The summed E-state index contributed by atoms with van der Waals surface area (Å²) in [6.45, 7) is 0. The van der Waals surface area contributed by atoms with Crippen LogP contribution >= 0.6 is 0 Å². The first-order valence-electron chi connectivity index (χ1n) is 6.22. The lowest BCUT2D eigenvalue weighted by Gasteiger charge is -2.13. The van der Waals surface area contributed by atoms with Crippen LogP contribution in [-0.4, -0.2) is 11.9 Å². The largest absolute Gasteiger partial charge is 0.320 e. The first-order chi connectivity index (χ1) is 9.97. The SMILES string of the molecule is NC(Cc1ccccc1)C(=O)Nc1c(F)cc(F)cc1F. The molecule has 0 aliphatic rings. The highest BCUT2D eigenvalue weighted by Gasteiger charge is 2.19. The molecule has 1 atom stereocenters. The predicted molar refractivity (Wildman–Crippen MR) is 73.1 cm³/mol. The van der Waals surface area contributed by atoms with Gasteiger partial charge >= 0.3 is 0 Å². The molecule has 0 fully saturated rings. The van der Waals surface area contributed by atoms with E-state index in [4.69, 9.17) is 5.73 Å². The molecule has 0 bridgehead atoms. The van der Waals surface area contributed by atoms with Gasteiger partial charge in [0, 0.05) is 12.1 Å². The molecule has 0 aliphatic carbocycles. The third-order valence-electron chi connectivity index (χ3n) is 2.89. The summed E-state index contributed by atoms with van der Waals surface area (Å²) in [5, 5.41) is 2.05. The summed E-state index contributed by atoms with van der Waals surface area (Å²) in [6, 6.07) is 8.97. The number of nitrogens with one attached hydrogen (secondary N) is 1. The van der Waals surface area contributed by atoms with Crippen LogP contribution in [0.2, 0.25) is 0 Å². The molecule has 21 heavy (non-hydrogen) atoms. The van der Waals surface area contributed by atoms with Gasteiger partial charge in [-0.3, -0.25) is 4.79 Å². The molecule has 110 valence electrons. The number of benzene rings is 2. The number of amides is 1. The van der Waals surface area contributed by atoms with Crippen LogP contribution in [0.3, 0.4) is 0 Å². The van der Waals surface area contributed by atoms with Crippen molar-refractivity contribution < 1.29 is 18.0 Å². The molecule has 1 amide bonds. The zero-order valence-corrected chi connectivity index (χ0v) is 10.9. The van der Waals surface area contributed by atoms with Crippen molar-refractivity contribution in [2.24, 2.45) is 5.73 Å². The van der Waals surface area contributed by atoms with Gasteiger partial charge in [-0.15, -0.1) is 0 Å². The number of anilines is 1. The van der Waals surface area contributed by atoms with Crippen molar-refractivity contribution in [2.45, 2.75) is 12.5 Å². The maximum Gasteiger partial charge on any atom is 0.241 e. The molecule has 3 N–H and O–H groups in total. The summed E-state index contributed by atoms with van der Waals surface area (Å²) in [5.74, 6) is -4.18. The van der Waals surface area contributed by atoms with Gasteiger partial charge in [0.25, 0.3) is 0 Å². The second-order valence-electron chi connectivity index (χ2n) is 4.53. The van der Waals surface area contributed by atoms with E-state index in [-0.39, 0.29) is 6.42 Å². The van der Waals surface area contributed by atoms with Gasteiger partial charge < -0.3 is 11.1 Å². The number of hydrogen-bond acceptors (Lipinski definition) is 2. The van der Waals surface area contributed by atoms with Crippen LogP contribution in [0, 0.1) is 17.5 Å². The molecule has 0 heterocycles. The summed E-state index contributed by atoms with van der Waals surface area (Å²) in [6.07, 6.45) is 0.219. The highest BCUT2D eigenvalue weighted by molar-refractivity contribution is 5.95. The summed E-state index contributed by atoms with van der Waals surface area (Å²) in [5.41, 5.74) is 5.81. The van der Waals surface area contributed by atoms with E-state index in [9.17, 15) is 18.0 Å². The Morgan fingerprint density at radius 3 is 2.24 bits per heavy atom. The molecule has 6 heteroatoms. The maximum atomic E-state index is 13.4. The summed E-state index contributed by atoms with van der Waals surface area (Å²) in [4.78, 5) is 11.8. The van der Waals surface area contributed by atoms with Crippen molar-refractivity contribution in [3.05, 3.63) is 65.5 Å². The summed E-state index contributed by atoms with van der Waals surface area (Å²) < 4.78 is 39.6. The van der Waals surface area contributed by atoms with Crippen LogP contribution in [0.4, 0.5) is 18.9 Å².